The summed E-state index contributed by atoms with van der Waals surface area (Å²) in [7, 11) is 0. The fraction of sp³-hybridized carbons (Fsp3) is 0.571. The zero-order chi connectivity index (χ0) is 10.9. The molecule has 80 valence electrons. The molecule has 0 aliphatic carbocycles. The molecule has 0 bridgehead atoms. The molecule has 0 aliphatic heterocycles. The summed E-state index contributed by atoms with van der Waals surface area (Å²) < 4.78 is 38.8. The van der Waals surface area contributed by atoms with Crippen LogP contribution in [0.25, 0.3) is 0 Å². The Bertz CT molecular complexity index is 307. The van der Waals surface area contributed by atoms with Crippen molar-refractivity contribution in [3.8, 4) is 0 Å². The maximum atomic E-state index is 12.5. The van der Waals surface area contributed by atoms with Gasteiger partial charge in [0.15, 0.2) is 6.04 Å². The first-order valence-electron chi connectivity index (χ1n) is 3.84. The predicted molar refractivity (Wildman–Crippen MR) is 48.7 cm³/mol. The Morgan fingerprint density at radius 3 is 2.43 bits per heavy atom. The molecule has 14 heavy (non-hydrogen) atoms. The first-order chi connectivity index (χ1) is 6.32. The van der Waals surface area contributed by atoms with Gasteiger partial charge in [-0.05, 0) is 22.9 Å². The number of aromatic nitrogens is 2. The zero-order valence-corrected chi connectivity index (χ0v) is 8.88. The highest BCUT2D eigenvalue weighted by atomic mass is 79.9. The quantitative estimate of drug-likeness (QED) is 0.895. The van der Waals surface area contributed by atoms with Crippen molar-refractivity contribution >= 4 is 15.9 Å². The van der Waals surface area contributed by atoms with E-state index in [9.17, 15) is 13.2 Å². The average Bonchev–Trinajstić information content (AvgIpc) is 2.31. The smallest absolute Gasteiger partial charge is 0.326 e. The average molecular weight is 272 g/mol. The largest absolute Gasteiger partial charge is 0.412 e. The normalized spacial score (nSPS) is 16.7. The fourth-order valence-corrected chi connectivity index (χ4v) is 1.46. The summed E-state index contributed by atoms with van der Waals surface area (Å²) in [4.78, 5) is 0. The molecule has 0 radical (unpaired) electrons. The molecule has 0 saturated carbocycles. The molecule has 3 nitrogen and oxygen atoms in total. The van der Waals surface area contributed by atoms with Crippen LogP contribution in [0.15, 0.2) is 16.9 Å². The van der Waals surface area contributed by atoms with Crippen molar-refractivity contribution in [1.29, 1.82) is 0 Å². The number of halogens is 4. The lowest BCUT2D eigenvalue weighted by atomic mass is 10.1. The standard InChI is InChI=1S/C7H9BrF3N3/c1-4(12)6(7(9,10)11)14-3-5(8)2-13-14/h2-4,6H,12H2,1H3. The minimum Gasteiger partial charge on any atom is -0.326 e. The van der Waals surface area contributed by atoms with Gasteiger partial charge in [-0.2, -0.15) is 18.3 Å². The van der Waals surface area contributed by atoms with Gasteiger partial charge in [-0.3, -0.25) is 4.68 Å². The van der Waals surface area contributed by atoms with E-state index in [4.69, 9.17) is 5.73 Å². The van der Waals surface area contributed by atoms with Crippen LogP contribution < -0.4 is 5.73 Å². The molecule has 1 rings (SSSR count). The summed E-state index contributed by atoms with van der Waals surface area (Å²) in [6.07, 6.45) is -1.84. The molecular weight excluding hydrogens is 263 g/mol. The third-order valence-corrected chi connectivity index (χ3v) is 2.10. The summed E-state index contributed by atoms with van der Waals surface area (Å²) in [5.74, 6) is 0. The van der Waals surface area contributed by atoms with E-state index in [1.807, 2.05) is 0 Å². The van der Waals surface area contributed by atoms with Crippen molar-refractivity contribution in [2.75, 3.05) is 0 Å². The zero-order valence-electron chi connectivity index (χ0n) is 7.29. The van der Waals surface area contributed by atoms with Crippen molar-refractivity contribution in [3.05, 3.63) is 16.9 Å². The van der Waals surface area contributed by atoms with Crippen molar-refractivity contribution in [2.24, 2.45) is 5.73 Å². The van der Waals surface area contributed by atoms with E-state index < -0.39 is 18.3 Å². The lowest BCUT2D eigenvalue weighted by Crippen LogP contribution is -2.40. The number of rotatable bonds is 2. The van der Waals surface area contributed by atoms with Crippen LogP contribution in [0, 0.1) is 0 Å². The molecular formula is C7H9BrF3N3. The first kappa shape index (κ1) is 11.5. The lowest BCUT2D eigenvalue weighted by Gasteiger charge is -2.23. The maximum Gasteiger partial charge on any atom is 0.412 e. The topological polar surface area (TPSA) is 43.8 Å². The van der Waals surface area contributed by atoms with Crippen LogP contribution in [0.4, 0.5) is 13.2 Å². The minimum absolute atomic E-state index is 0.493. The number of hydrogen-bond acceptors (Lipinski definition) is 2. The van der Waals surface area contributed by atoms with Crippen molar-refractivity contribution in [1.82, 2.24) is 9.78 Å². The van der Waals surface area contributed by atoms with Crippen molar-refractivity contribution < 1.29 is 13.2 Å². The van der Waals surface area contributed by atoms with Gasteiger partial charge in [-0.25, -0.2) is 0 Å². The second-order valence-corrected chi connectivity index (χ2v) is 3.90. The highest BCUT2D eigenvalue weighted by molar-refractivity contribution is 9.10. The molecule has 0 aliphatic rings. The van der Waals surface area contributed by atoms with Crippen LogP contribution in [-0.2, 0) is 0 Å². The van der Waals surface area contributed by atoms with E-state index in [1.165, 1.54) is 19.3 Å². The van der Waals surface area contributed by atoms with Crippen molar-refractivity contribution in [2.45, 2.75) is 25.2 Å². The molecule has 1 aromatic heterocycles. The molecule has 0 amide bonds. The second-order valence-electron chi connectivity index (χ2n) is 2.98. The molecule has 2 unspecified atom stereocenters. The molecule has 0 spiro atoms. The van der Waals surface area contributed by atoms with Gasteiger partial charge >= 0.3 is 6.18 Å². The van der Waals surface area contributed by atoms with Crippen LogP contribution in [0.2, 0.25) is 0 Å². The predicted octanol–water partition coefficient (Wildman–Crippen LogP) is 2.10. The number of nitrogens with two attached hydrogens (primary N) is 1. The van der Waals surface area contributed by atoms with E-state index in [2.05, 4.69) is 21.0 Å². The van der Waals surface area contributed by atoms with E-state index in [0.29, 0.717) is 4.47 Å². The second kappa shape index (κ2) is 3.90. The third kappa shape index (κ3) is 2.48. The third-order valence-electron chi connectivity index (χ3n) is 1.69. The number of hydrogen-bond donors (Lipinski definition) is 1. The Balaban J connectivity index is 3.01. The van der Waals surface area contributed by atoms with Crippen LogP contribution in [0.1, 0.15) is 13.0 Å². The van der Waals surface area contributed by atoms with Crippen LogP contribution in [-0.4, -0.2) is 22.0 Å². The molecule has 7 heteroatoms. The van der Waals surface area contributed by atoms with E-state index in [0.717, 1.165) is 4.68 Å². The molecule has 1 aromatic rings. The summed E-state index contributed by atoms with van der Waals surface area (Å²) in [5.41, 5.74) is 5.27. The molecule has 0 aromatic carbocycles. The van der Waals surface area contributed by atoms with Gasteiger partial charge < -0.3 is 5.73 Å². The Morgan fingerprint density at radius 1 is 1.57 bits per heavy atom. The van der Waals surface area contributed by atoms with E-state index in [1.54, 1.807) is 0 Å². The summed E-state index contributed by atoms with van der Waals surface area (Å²) in [6.45, 7) is 1.30. The van der Waals surface area contributed by atoms with Gasteiger partial charge in [0.2, 0.25) is 0 Å². The Hall–Kier alpha value is -0.560. The monoisotopic (exact) mass is 271 g/mol. The summed E-state index contributed by atoms with van der Waals surface area (Å²) in [5, 5.41) is 3.57. The Morgan fingerprint density at radius 2 is 2.14 bits per heavy atom. The van der Waals surface area contributed by atoms with Gasteiger partial charge in [0.05, 0.1) is 10.7 Å². The van der Waals surface area contributed by atoms with Gasteiger partial charge in [0, 0.05) is 12.2 Å². The molecule has 1 heterocycles. The first-order valence-corrected chi connectivity index (χ1v) is 4.63. The molecule has 0 fully saturated rings. The number of nitrogens with zero attached hydrogens (tertiary/aromatic N) is 2. The molecule has 2 N–H and O–H groups in total. The maximum absolute atomic E-state index is 12.5. The van der Waals surface area contributed by atoms with Gasteiger partial charge in [0.1, 0.15) is 0 Å². The van der Waals surface area contributed by atoms with Gasteiger partial charge in [0.25, 0.3) is 0 Å². The minimum atomic E-state index is -4.39. The highest BCUT2D eigenvalue weighted by Crippen LogP contribution is 2.32. The van der Waals surface area contributed by atoms with Gasteiger partial charge in [-0.1, -0.05) is 0 Å². The number of alkyl halides is 3. The Kier molecular flexibility index (Phi) is 3.20. The summed E-state index contributed by atoms with van der Waals surface area (Å²) in [6, 6.07) is -2.82. The van der Waals surface area contributed by atoms with E-state index >= 15 is 0 Å². The van der Waals surface area contributed by atoms with E-state index in [-0.39, 0.29) is 0 Å². The van der Waals surface area contributed by atoms with Gasteiger partial charge in [-0.15, -0.1) is 0 Å². The summed E-state index contributed by atoms with van der Waals surface area (Å²) >= 11 is 3.02. The van der Waals surface area contributed by atoms with Crippen molar-refractivity contribution in [3.63, 3.8) is 0 Å². The Labute approximate surface area is 87.2 Å². The van der Waals surface area contributed by atoms with Crippen LogP contribution in [0.3, 0.4) is 0 Å². The highest BCUT2D eigenvalue weighted by Gasteiger charge is 2.44. The van der Waals surface area contributed by atoms with Crippen LogP contribution >= 0.6 is 15.9 Å². The fourth-order valence-electron chi connectivity index (χ4n) is 1.16. The van der Waals surface area contributed by atoms with Crippen LogP contribution in [0.5, 0.6) is 0 Å². The SMILES string of the molecule is CC(N)C(n1cc(Br)cn1)C(F)(F)F. The lowest BCUT2D eigenvalue weighted by molar-refractivity contribution is -0.174. The molecule has 2 atom stereocenters. The molecule has 0 saturated heterocycles.